The Morgan fingerprint density at radius 1 is 0.917 bits per heavy atom. The minimum atomic E-state index is -11.2. The predicted molar refractivity (Wildman–Crippen MR) is 87.8 cm³/mol. The maximum Gasteiger partial charge on any atom is 1.00 e. The van der Waals surface area contributed by atoms with E-state index in [1.54, 1.807) is 6.07 Å². The number of phenols is 1. The average Bonchev–Trinajstić information content (AvgIpc) is 2.39. The van der Waals surface area contributed by atoms with Crippen molar-refractivity contribution in [3.05, 3.63) is 65.2 Å². The number of phenolic OH excluding ortho intramolecular Hbond substituents is 1. The number of thioether (sulfide) groups is 1. The second-order valence-electron chi connectivity index (χ2n) is 5.05. The first-order valence-corrected chi connectivity index (χ1v) is 13.6. The van der Waals surface area contributed by atoms with Gasteiger partial charge in [-0.05, 0) is 35.7 Å². The monoisotopic (exact) mass is 480 g/mol. The molecule has 2 aromatic carbocycles. The second-order valence-corrected chi connectivity index (χ2v) is 11.5. The van der Waals surface area contributed by atoms with E-state index in [-0.39, 0.29) is 1.43 Å². The third-order valence-corrected chi connectivity index (χ3v) is 3.75. The molecule has 0 saturated carbocycles. The van der Waals surface area contributed by atoms with E-state index < -0.39 is 19.5 Å². The quantitative estimate of drug-likeness (QED) is 0.404. The smallest absolute Gasteiger partial charge is 1.00 e. The minimum absolute atomic E-state index is 0. The van der Waals surface area contributed by atoms with Gasteiger partial charge < -0.3 is 5.11 Å². The number of hydrogen-bond donors (Lipinski definition) is 1. The van der Waals surface area contributed by atoms with Gasteiger partial charge in [0.25, 0.3) is 0 Å². The molecule has 0 radical (unpaired) electrons. The zero-order chi connectivity index (χ0) is 18.5. The van der Waals surface area contributed by atoms with E-state index >= 15 is 0 Å². The van der Waals surface area contributed by atoms with Crippen LogP contribution in [0.4, 0.5) is 16.9 Å². The van der Waals surface area contributed by atoms with E-state index in [4.69, 9.17) is 0 Å². The fourth-order valence-electron chi connectivity index (χ4n) is 1.70. The molecule has 0 amide bonds. The number of halogens is 6. The summed E-state index contributed by atoms with van der Waals surface area (Å²) in [5.41, 5.74) is 3.81. The Bertz CT molecular complexity index is 668. The normalized spacial score (nSPS) is 14.1. The van der Waals surface area contributed by atoms with E-state index in [0.29, 0.717) is 5.75 Å². The Labute approximate surface area is 144 Å². The number of rotatable bonds is 4. The van der Waals surface area contributed by atoms with Crippen molar-refractivity contribution in [2.75, 3.05) is 0 Å². The van der Waals surface area contributed by atoms with Crippen molar-refractivity contribution in [2.45, 2.75) is 18.4 Å². The third-order valence-electron chi connectivity index (χ3n) is 2.70. The molecule has 0 aliphatic rings. The van der Waals surface area contributed by atoms with Gasteiger partial charge in [-0.1, -0.05) is 36.4 Å². The van der Waals surface area contributed by atoms with Gasteiger partial charge in [0.15, 0.2) is 0 Å². The Morgan fingerprint density at radius 3 is 1.96 bits per heavy atom. The van der Waals surface area contributed by atoms with Gasteiger partial charge in [-0.2, -0.15) is 11.8 Å². The Hall–Kier alpha value is -1.01. The summed E-state index contributed by atoms with van der Waals surface area (Å²) in [6, 6.07) is 16.1. The van der Waals surface area contributed by atoms with Gasteiger partial charge in [-0.25, -0.2) is 0 Å². The van der Waals surface area contributed by atoms with E-state index in [1.165, 1.54) is 11.1 Å². The van der Waals surface area contributed by atoms with Crippen LogP contribution in [0.25, 0.3) is 0 Å². The molecule has 0 aromatic heterocycles. The minimum Gasteiger partial charge on any atom is 1.00 e. The van der Waals surface area contributed by atoms with Gasteiger partial charge in [-0.15, -0.1) is 0 Å². The molecule has 0 atom stereocenters. The molecule has 0 aliphatic carbocycles. The molecule has 24 heavy (non-hydrogen) atoms. The summed E-state index contributed by atoms with van der Waals surface area (Å²) in [5.74, 6) is 2.36. The zero-order valence-corrected chi connectivity index (χ0v) is 16.0. The molecule has 2 rings (SSSR count). The number of aromatic hydroxyl groups is 1. The van der Waals surface area contributed by atoms with Crippen molar-refractivity contribution in [3.63, 3.8) is 0 Å². The fourth-order valence-corrected chi connectivity index (χ4v) is 2.77. The standard InChI is InChI=1S/C15H16OS.6FH.Sb/c1-12-9-15(16)8-7-14(12)11-17-10-13-5-3-2-4-6-13;;;;;;;/h2-9,16H,10-11H2,1H3;6*1H;/q;;;;;;;+5/p-5. The van der Waals surface area contributed by atoms with Crippen LogP contribution in [0.5, 0.6) is 5.75 Å². The molecule has 0 heterocycles. The molecule has 1 N–H and O–H groups in total. The number of hydrogen-bond acceptors (Lipinski definition) is 2. The maximum atomic E-state index is 9.93. The van der Waals surface area contributed by atoms with Crippen molar-refractivity contribution in [2.24, 2.45) is 0 Å². The van der Waals surface area contributed by atoms with Gasteiger partial charge in [-0.3, -0.25) is 0 Å². The Morgan fingerprint density at radius 2 is 1.46 bits per heavy atom. The van der Waals surface area contributed by atoms with Crippen molar-refractivity contribution in [1.29, 1.82) is 0 Å². The van der Waals surface area contributed by atoms with Gasteiger partial charge in [0.2, 0.25) is 0 Å². The molecule has 1 nitrogen and oxygen atoms in total. The van der Waals surface area contributed by atoms with Crippen molar-refractivity contribution in [1.82, 2.24) is 0 Å². The summed E-state index contributed by atoms with van der Waals surface area (Å²) < 4.78 is 59.6. The van der Waals surface area contributed by atoms with Crippen molar-refractivity contribution in [3.8, 4) is 5.75 Å². The van der Waals surface area contributed by atoms with Crippen LogP contribution in [0.3, 0.4) is 0 Å². The maximum absolute atomic E-state index is 11.2. The van der Waals surface area contributed by atoms with E-state index in [2.05, 4.69) is 24.3 Å². The molecule has 0 aliphatic heterocycles. The number of aryl methyl sites for hydroxylation is 1. The first-order valence-electron chi connectivity index (χ1n) is 6.67. The van der Waals surface area contributed by atoms with E-state index in [1.807, 2.05) is 36.9 Å². The van der Waals surface area contributed by atoms with Crippen LogP contribution in [0.15, 0.2) is 48.5 Å². The summed E-state index contributed by atoms with van der Waals surface area (Å²) >= 11 is -9.35. The summed E-state index contributed by atoms with van der Waals surface area (Å²) in [7, 11) is 0. The summed E-state index contributed by atoms with van der Waals surface area (Å²) in [4.78, 5) is 0. The van der Waals surface area contributed by atoms with E-state index in [0.717, 1.165) is 17.1 Å². The fraction of sp³-hybridized carbons (Fsp3) is 0.200. The van der Waals surface area contributed by atoms with Crippen molar-refractivity contribution >= 4 is 31.2 Å². The first kappa shape index (κ1) is 21.0. The summed E-state index contributed by atoms with van der Waals surface area (Å²) in [5, 5.41) is 9.33. The Balaban J connectivity index is 0.000000620. The second kappa shape index (κ2) is 7.08. The van der Waals surface area contributed by atoms with E-state index in [9.17, 15) is 22.0 Å². The zero-order valence-electron chi connectivity index (χ0n) is 13.6. The predicted octanol–water partition coefficient (Wildman–Crippen LogP) is 6.39. The third kappa shape index (κ3) is 12.4. The molecule has 136 valence electrons. The van der Waals surface area contributed by atoms with Gasteiger partial charge in [0.1, 0.15) is 5.75 Å². The van der Waals surface area contributed by atoms with Crippen molar-refractivity contribution < 1.29 is 23.4 Å². The van der Waals surface area contributed by atoms with Crippen LogP contribution in [-0.4, -0.2) is 24.6 Å². The molecule has 0 unspecified atom stereocenters. The van der Waals surface area contributed by atoms with Gasteiger partial charge in [0.05, 0.1) is 0 Å². The molecule has 0 saturated heterocycles. The van der Waals surface area contributed by atoms with Crippen LogP contribution < -0.4 is 0 Å². The van der Waals surface area contributed by atoms with Crippen LogP contribution in [0, 0.1) is 6.92 Å². The molecule has 2 aromatic rings. The topological polar surface area (TPSA) is 20.2 Å². The average molecular weight is 481 g/mol. The summed E-state index contributed by atoms with van der Waals surface area (Å²) in [6.45, 7) is 2.04. The van der Waals surface area contributed by atoms with Gasteiger partial charge in [0, 0.05) is 11.5 Å². The Kier molecular flexibility index (Phi) is 6.20. The van der Waals surface area contributed by atoms with Crippen LogP contribution in [0.1, 0.15) is 18.1 Å². The molecule has 9 heteroatoms. The first-order chi connectivity index (χ1) is 10.7. The summed E-state index contributed by atoms with van der Waals surface area (Å²) in [6.07, 6.45) is 0. The number of benzene rings is 2. The van der Waals surface area contributed by atoms with Crippen LogP contribution >= 0.6 is 11.8 Å². The SMILES string of the molecule is Cc1cc(O)ccc1CSCc1ccccc1.[F][Sb-]([F])([F])([F])([F])[F].[H+]. The van der Waals surface area contributed by atoms with Crippen LogP contribution in [0.2, 0.25) is 0 Å². The molecule has 0 bridgehead atoms. The molecular weight excluding hydrogens is 464 g/mol. The van der Waals surface area contributed by atoms with Crippen LogP contribution in [-0.2, 0) is 11.5 Å². The molecule has 0 fully saturated rings. The van der Waals surface area contributed by atoms with Gasteiger partial charge >= 0.3 is 37.8 Å². The largest absolute Gasteiger partial charge is 1.00 e. The molecular formula is C15H17F6OSSb. The molecule has 0 spiro atoms.